The Morgan fingerprint density at radius 2 is 2.24 bits per heavy atom. The number of carbonyl (C=O) groups is 1. The van der Waals surface area contributed by atoms with Gasteiger partial charge >= 0.3 is 6.03 Å². The molecule has 0 spiro atoms. The number of nitrogens with zero attached hydrogens (tertiary/aromatic N) is 3. The quantitative estimate of drug-likeness (QED) is 0.895. The van der Waals surface area contributed by atoms with E-state index in [1.165, 1.54) is 0 Å². The van der Waals surface area contributed by atoms with Crippen molar-refractivity contribution in [2.45, 2.75) is 57.9 Å². The molecule has 1 aromatic carbocycles. The molecule has 2 aliphatic rings. The minimum atomic E-state index is -0.175. The van der Waals surface area contributed by atoms with E-state index in [0.29, 0.717) is 12.6 Å². The van der Waals surface area contributed by atoms with Crippen molar-refractivity contribution in [3.05, 3.63) is 41.5 Å². The molecule has 2 aromatic rings. The summed E-state index contributed by atoms with van der Waals surface area (Å²) >= 11 is 0. The van der Waals surface area contributed by atoms with Gasteiger partial charge < -0.3 is 15.4 Å². The van der Waals surface area contributed by atoms with Gasteiger partial charge in [-0.25, -0.2) is 14.5 Å². The number of amides is 2. The third-order valence-corrected chi connectivity index (χ3v) is 4.90. The number of aromatic nitrogens is 3. The SMILES string of the molecule is Cc1nc(C)n(Cc2cccc(NC(=O)N[C@H]3C[C@H]4CC[C@H]3O4)c2)n1. The van der Waals surface area contributed by atoms with Crippen LogP contribution in [0.15, 0.2) is 24.3 Å². The van der Waals surface area contributed by atoms with E-state index in [2.05, 4.69) is 20.7 Å². The molecular formula is C18H23N5O2. The molecule has 2 fully saturated rings. The van der Waals surface area contributed by atoms with E-state index >= 15 is 0 Å². The number of anilines is 1. The second kappa shape index (κ2) is 6.48. The van der Waals surface area contributed by atoms with Crippen LogP contribution in [0.25, 0.3) is 0 Å². The summed E-state index contributed by atoms with van der Waals surface area (Å²) in [6.45, 7) is 4.45. The first-order chi connectivity index (χ1) is 12.1. The van der Waals surface area contributed by atoms with Gasteiger partial charge in [-0.05, 0) is 50.8 Å². The van der Waals surface area contributed by atoms with Gasteiger partial charge in [-0.2, -0.15) is 5.10 Å². The summed E-state index contributed by atoms with van der Waals surface area (Å²) in [5.74, 6) is 1.64. The highest BCUT2D eigenvalue weighted by molar-refractivity contribution is 5.89. The van der Waals surface area contributed by atoms with Crippen LogP contribution in [0.2, 0.25) is 0 Å². The van der Waals surface area contributed by atoms with Crippen LogP contribution in [0.3, 0.4) is 0 Å². The number of hydrogen-bond donors (Lipinski definition) is 2. The molecule has 3 atom stereocenters. The summed E-state index contributed by atoms with van der Waals surface area (Å²) < 4.78 is 7.64. The number of carbonyl (C=O) groups excluding carboxylic acids is 1. The Balaban J connectivity index is 1.37. The van der Waals surface area contributed by atoms with Gasteiger partial charge in [0.2, 0.25) is 0 Å². The molecule has 3 heterocycles. The summed E-state index contributed by atoms with van der Waals surface area (Å²) in [7, 11) is 0. The molecule has 2 aliphatic heterocycles. The average Bonchev–Trinajstić information content (AvgIpc) is 3.24. The molecule has 2 amide bonds. The third-order valence-electron chi connectivity index (χ3n) is 4.90. The number of nitrogens with one attached hydrogen (secondary N) is 2. The highest BCUT2D eigenvalue weighted by Gasteiger charge is 2.41. The van der Waals surface area contributed by atoms with Gasteiger partial charge in [0.25, 0.3) is 0 Å². The van der Waals surface area contributed by atoms with Gasteiger partial charge in [-0.1, -0.05) is 12.1 Å². The van der Waals surface area contributed by atoms with E-state index in [9.17, 15) is 4.79 Å². The van der Waals surface area contributed by atoms with Crippen LogP contribution < -0.4 is 10.6 Å². The number of hydrogen-bond acceptors (Lipinski definition) is 4. The lowest BCUT2D eigenvalue weighted by Gasteiger charge is -2.20. The fourth-order valence-electron chi connectivity index (χ4n) is 3.76. The first-order valence-electron chi connectivity index (χ1n) is 8.77. The minimum Gasteiger partial charge on any atom is -0.373 e. The Bertz CT molecular complexity index is 788. The summed E-state index contributed by atoms with van der Waals surface area (Å²) in [6, 6.07) is 7.76. The lowest BCUT2D eigenvalue weighted by atomic mass is 9.96. The molecule has 4 rings (SSSR count). The molecule has 2 saturated heterocycles. The van der Waals surface area contributed by atoms with Crippen molar-refractivity contribution < 1.29 is 9.53 Å². The van der Waals surface area contributed by atoms with Gasteiger partial charge in [-0.3, -0.25) is 0 Å². The predicted molar refractivity (Wildman–Crippen MR) is 93.5 cm³/mol. The van der Waals surface area contributed by atoms with Crippen LogP contribution in [-0.4, -0.2) is 39.0 Å². The molecule has 132 valence electrons. The van der Waals surface area contributed by atoms with Crippen molar-refractivity contribution in [1.29, 1.82) is 0 Å². The number of fused-ring (bicyclic) bond motifs is 2. The second-order valence-corrected chi connectivity index (χ2v) is 6.88. The van der Waals surface area contributed by atoms with E-state index in [4.69, 9.17) is 4.74 Å². The molecule has 2 bridgehead atoms. The zero-order chi connectivity index (χ0) is 17.4. The molecular weight excluding hydrogens is 318 g/mol. The monoisotopic (exact) mass is 341 g/mol. The number of aryl methyl sites for hydroxylation is 2. The lowest BCUT2D eigenvalue weighted by molar-refractivity contribution is 0.0984. The van der Waals surface area contributed by atoms with Crippen LogP contribution in [0, 0.1) is 13.8 Å². The Kier molecular flexibility index (Phi) is 4.17. The van der Waals surface area contributed by atoms with E-state index in [1.807, 2.05) is 42.8 Å². The Morgan fingerprint density at radius 1 is 1.36 bits per heavy atom. The maximum absolute atomic E-state index is 12.3. The van der Waals surface area contributed by atoms with Gasteiger partial charge in [0.05, 0.1) is 24.8 Å². The van der Waals surface area contributed by atoms with E-state index in [-0.39, 0.29) is 18.2 Å². The highest BCUT2D eigenvalue weighted by atomic mass is 16.5. The van der Waals surface area contributed by atoms with Crippen molar-refractivity contribution in [2.75, 3.05) is 5.32 Å². The van der Waals surface area contributed by atoms with Crippen molar-refractivity contribution in [3.63, 3.8) is 0 Å². The molecule has 0 radical (unpaired) electrons. The molecule has 0 saturated carbocycles. The molecule has 0 aliphatic carbocycles. The van der Waals surface area contributed by atoms with Crippen molar-refractivity contribution in [2.24, 2.45) is 0 Å². The highest BCUT2D eigenvalue weighted by Crippen LogP contribution is 2.34. The van der Waals surface area contributed by atoms with Crippen molar-refractivity contribution in [1.82, 2.24) is 20.1 Å². The predicted octanol–water partition coefficient (Wildman–Crippen LogP) is 2.38. The zero-order valence-electron chi connectivity index (χ0n) is 14.5. The fourth-order valence-corrected chi connectivity index (χ4v) is 3.76. The van der Waals surface area contributed by atoms with Gasteiger partial charge in [-0.15, -0.1) is 0 Å². The summed E-state index contributed by atoms with van der Waals surface area (Å²) in [4.78, 5) is 16.6. The average molecular weight is 341 g/mol. The van der Waals surface area contributed by atoms with Crippen LogP contribution in [-0.2, 0) is 11.3 Å². The van der Waals surface area contributed by atoms with Gasteiger partial charge in [0, 0.05) is 5.69 Å². The molecule has 0 unspecified atom stereocenters. The first-order valence-corrected chi connectivity index (χ1v) is 8.77. The summed E-state index contributed by atoms with van der Waals surface area (Å²) in [6.07, 6.45) is 3.59. The van der Waals surface area contributed by atoms with E-state index in [1.54, 1.807) is 0 Å². The normalized spacial score (nSPS) is 24.5. The summed E-state index contributed by atoms with van der Waals surface area (Å²) in [5.41, 5.74) is 1.84. The Morgan fingerprint density at radius 3 is 2.92 bits per heavy atom. The number of urea groups is 1. The standard InChI is InChI=1S/C18H23N5O2/c1-11-19-12(2)23(22-11)10-13-4-3-5-14(8-13)20-18(24)21-16-9-15-6-7-17(16)25-15/h3-5,8,15-17H,6-7,9-10H2,1-2H3,(H2,20,21,24)/t15-,16+,17-/m1/s1. The van der Waals surface area contributed by atoms with Crippen LogP contribution in [0.5, 0.6) is 0 Å². The Labute approximate surface area is 146 Å². The third kappa shape index (κ3) is 3.51. The maximum Gasteiger partial charge on any atom is 0.319 e. The lowest BCUT2D eigenvalue weighted by Crippen LogP contribution is -2.43. The first kappa shape index (κ1) is 16.1. The molecule has 7 nitrogen and oxygen atoms in total. The summed E-state index contributed by atoms with van der Waals surface area (Å²) in [5, 5.41) is 10.3. The topological polar surface area (TPSA) is 81.1 Å². The fraction of sp³-hybridized carbons (Fsp3) is 0.500. The number of benzene rings is 1. The zero-order valence-corrected chi connectivity index (χ0v) is 14.5. The maximum atomic E-state index is 12.3. The molecule has 2 N–H and O–H groups in total. The van der Waals surface area contributed by atoms with Crippen LogP contribution >= 0.6 is 0 Å². The van der Waals surface area contributed by atoms with E-state index < -0.39 is 0 Å². The second-order valence-electron chi connectivity index (χ2n) is 6.88. The van der Waals surface area contributed by atoms with Crippen LogP contribution in [0.4, 0.5) is 10.5 Å². The van der Waals surface area contributed by atoms with Gasteiger partial charge in [0.1, 0.15) is 11.6 Å². The number of rotatable bonds is 4. The smallest absolute Gasteiger partial charge is 0.319 e. The van der Waals surface area contributed by atoms with Crippen molar-refractivity contribution >= 4 is 11.7 Å². The van der Waals surface area contributed by atoms with Gasteiger partial charge in [0.15, 0.2) is 0 Å². The minimum absolute atomic E-state index is 0.128. The Hall–Kier alpha value is -2.41. The van der Waals surface area contributed by atoms with E-state index in [0.717, 1.165) is 42.2 Å². The molecule has 1 aromatic heterocycles. The molecule has 25 heavy (non-hydrogen) atoms. The van der Waals surface area contributed by atoms with Crippen molar-refractivity contribution in [3.8, 4) is 0 Å². The van der Waals surface area contributed by atoms with Crippen LogP contribution in [0.1, 0.15) is 36.5 Å². The number of ether oxygens (including phenoxy) is 1. The molecule has 7 heteroatoms. The largest absolute Gasteiger partial charge is 0.373 e.